The molecule has 0 saturated carbocycles. The molecule has 0 heterocycles. The minimum atomic E-state index is -0.492. The standard InChI is InChI=1S/C20H21BrN2O4/c1-3-11-26-17-8-6-5-7-15(17)19(24)22-23-20(25)16-13-14(21)9-10-18(16)27-12-4-2/h3,5-10,13H,1,4,11-12H2,2H3,(H,22,24)(H,23,25). The predicted molar refractivity (Wildman–Crippen MR) is 107 cm³/mol. The molecule has 0 unspecified atom stereocenters. The third-order valence-electron chi connectivity index (χ3n) is 3.43. The van der Waals surface area contributed by atoms with E-state index in [0.29, 0.717) is 29.2 Å². The summed E-state index contributed by atoms with van der Waals surface area (Å²) >= 11 is 3.34. The van der Waals surface area contributed by atoms with Crippen molar-refractivity contribution in [3.05, 3.63) is 70.7 Å². The summed E-state index contributed by atoms with van der Waals surface area (Å²) in [6.45, 7) is 6.32. The van der Waals surface area contributed by atoms with Crippen molar-refractivity contribution in [2.75, 3.05) is 13.2 Å². The van der Waals surface area contributed by atoms with E-state index in [1.807, 2.05) is 6.92 Å². The maximum Gasteiger partial charge on any atom is 0.273 e. The minimum Gasteiger partial charge on any atom is -0.493 e. The lowest BCUT2D eigenvalue weighted by Crippen LogP contribution is -2.41. The molecule has 27 heavy (non-hydrogen) atoms. The van der Waals surface area contributed by atoms with Crippen molar-refractivity contribution in [1.82, 2.24) is 10.9 Å². The fourth-order valence-corrected chi connectivity index (χ4v) is 2.56. The number of hydrazine groups is 1. The van der Waals surface area contributed by atoms with Crippen LogP contribution in [0.25, 0.3) is 0 Å². The number of amides is 2. The van der Waals surface area contributed by atoms with E-state index in [0.717, 1.165) is 10.9 Å². The van der Waals surface area contributed by atoms with Crippen molar-refractivity contribution in [2.24, 2.45) is 0 Å². The average molecular weight is 433 g/mol. The van der Waals surface area contributed by atoms with Crippen molar-refractivity contribution in [2.45, 2.75) is 13.3 Å². The highest BCUT2D eigenvalue weighted by molar-refractivity contribution is 9.10. The maximum atomic E-state index is 12.5. The first-order valence-corrected chi connectivity index (χ1v) is 9.21. The van der Waals surface area contributed by atoms with Gasteiger partial charge in [-0.1, -0.05) is 47.6 Å². The average Bonchev–Trinajstić information content (AvgIpc) is 2.69. The molecule has 7 heteroatoms. The Kier molecular flexibility index (Phi) is 7.88. The first kappa shape index (κ1) is 20.5. The van der Waals surface area contributed by atoms with Crippen LogP contribution in [-0.4, -0.2) is 25.0 Å². The summed E-state index contributed by atoms with van der Waals surface area (Å²) in [4.78, 5) is 24.9. The second-order valence-corrected chi connectivity index (χ2v) is 6.41. The van der Waals surface area contributed by atoms with Gasteiger partial charge in [0.25, 0.3) is 11.8 Å². The van der Waals surface area contributed by atoms with E-state index in [9.17, 15) is 9.59 Å². The van der Waals surface area contributed by atoms with Crippen LogP contribution in [0, 0.1) is 0 Å². The first-order chi connectivity index (χ1) is 13.1. The Bertz CT molecular complexity index is 823. The number of para-hydroxylation sites is 1. The predicted octanol–water partition coefficient (Wildman–Crippen LogP) is 3.88. The molecule has 2 amide bonds. The molecule has 0 radical (unpaired) electrons. The van der Waals surface area contributed by atoms with Gasteiger partial charge in [-0.15, -0.1) is 0 Å². The number of halogens is 1. The van der Waals surface area contributed by atoms with Gasteiger partial charge in [0.05, 0.1) is 17.7 Å². The quantitative estimate of drug-likeness (QED) is 0.490. The van der Waals surface area contributed by atoms with E-state index < -0.39 is 11.8 Å². The molecule has 0 atom stereocenters. The molecule has 0 aliphatic carbocycles. The number of carbonyl (C=O) groups excluding carboxylic acids is 2. The van der Waals surface area contributed by atoms with Gasteiger partial charge in [-0.05, 0) is 36.8 Å². The van der Waals surface area contributed by atoms with Gasteiger partial charge in [0, 0.05) is 4.47 Å². The van der Waals surface area contributed by atoms with Crippen LogP contribution in [-0.2, 0) is 0 Å². The maximum absolute atomic E-state index is 12.5. The summed E-state index contributed by atoms with van der Waals surface area (Å²) in [6, 6.07) is 11.9. The highest BCUT2D eigenvalue weighted by Crippen LogP contribution is 2.23. The topological polar surface area (TPSA) is 76.7 Å². The molecular formula is C20H21BrN2O4. The Morgan fingerprint density at radius 1 is 1.04 bits per heavy atom. The lowest BCUT2D eigenvalue weighted by Gasteiger charge is -2.13. The van der Waals surface area contributed by atoms with Gasteiger partial charge < -0.3 is 9.47 Å². The Balaban J connectivity index is 2.09. The molecule has 0 saturated heterocycles. The largest absolute Gasteiger partial charge is 0.493 e. The lowest BCUT2D eigenvalue weighted by atomic mass is 10.2. The van der Waals surface area contributed by atoms with Crippen LogP contribution in [0.2, 0.25) is 0 Å². The summed E-state index contributed by atoms with van der Waals surface area (Å²) in [5.74, 6) is -0.130. The van der Waals surface area contributed by atoms with Crippen LogP contribution in [0.1, 0.15) is 34.1 Å². The lowest BCUT2D eigenvalue weighted by molar-refractivity contribution is 0.0842. The van der Waals surface area contributed by atoms with Crippen LogP contribution in [0.15, 0.2) is 59.6 Å². The number of hydrogen-bond donors (Lipinski definition) is 2. The molecule has 0 aliphatic rings. The molecule has 2 N–H and O–H groups in total. The summed E-state index contributed by atoms with van der Waals surface area (Å²) in [7, 11) is 0. The summed E-state index contributed by atoms with van der Waals surface area (Å²) in [5.41, 5.74) is 5.43. The molecule has 0 spiro atoms. The summed E-state index contributed by atoms with van der Waals surface area (Å²) in [5, 5.41) is 0. The molecule has 0 fully saturated rings. The zero-order chi connectivity index (χ0) is 19.6. The van der Waals surface area contributed by atoms with Gasteiger partial charge in [-0.3, -0.25) is 20.4 Å². The van der Waals surface area contributed by atoms with E-state index in [1.54, 1.807) is 48.5 Å². The van der Waals surface area contributed by atoms with E-state index in [4.69, 9.17) is 9.47 Å². The Morgan fingerprint density at radius 3 is 2.41 bits per heavy atom. The minimum absolute atomic E-state index is 0.271. The highest BCUT2D eigenvalue weighted by Gasteiger charge is 2.16. The number of rotatable bonds is 8. The van der Waals surface area contributed by atoms with Crippen molar-refractivity contribution in [3.63, 3.8) is 0 Å². The van der Waals surface area contributed by atoms with Crippen LogP contribution in [0.5, 0.6) is 11.5 Å². The molecule has 2 aromatic rings. The third-order valence-corrected chi connectivity index (χ3v) is 3.92. The van der Waals surface area contributed by atoms with Crippen molar-refractivity contribution in [1.29, 1.82) is 0 Å². The monoisotopic (exact) mass is 432 g/mol. The van der Waals surface area contributed by atoms with Gasteiger partial charge in [-0.25, -0.2) is 0 Å². The molecule has 0 bridgehead atoms. The second-order valence-electron chi connectivity index (χ2n) is 5.49. The number of benzene rings is 2. The highest BCUT2D eigenvalue weighted by atomic mass is 79.9. The van der Waals surface area contributed by atoms with E-state index in [-0.39, 0.29) is 6.61 Å². The number of ether oxygens (including phenoxy) is 2. The van der Waals surface area contributed by atoms with Crippen LogP contribution in [0.4, 0.5) is 0 Å². The van der Waals surface area contributed by atoms with Crippen molar-refractivity contribution >= 4 is 27.7 Å². The van der Waals surface area contributed by atoms with Crippen molar-refractivity contribution in [3.8, 4) is 11.5 Å². The summed E-state index contributed by atoms with van der Waals surface area (Å²) in [6.07, 6.45) is 2.40. The molecule has 2 rings (SSSR count). The molecule has 142 valence electrons. The van der Waals surface area contributed by atoms with E-state index in [1.165, 1.54) is 0 Å². The molecule has 6 nitrogen and oxygen atoms in total. The molecule has 2 aromatic carbocycles. The first-order valence-electron chi connectivity index (χ1n) is 8.42. The fraction of sp³-hybridized carbons (Fsp3) is 0.200. The van der Waals surface area contributed by atoms with Gasteiger partial charge in [0.2, 0.25) is 0 Å². The van der Waals surface area contributed by atoms with Crippen LogP contribution >= 0.6 is 15.9 Å². The molecule has 0 aromatic heterocycles. The SMILES string of the molecule is C=CCOc1ccccc1C(=O)NNC(=O)c1cc(Br)ccc1OCCC. The van der Waals surface area contributed by atoms with Gasteiger partial charge in [0.15, 0.2) is 0 Å². The number of hydrogen-bond acceptors (Lipinski definition) is 4. The smallest absolute Gasteiger partial charge is 0.273 e. The Labute approximate surface area is 166 Å². The van der Waals surface area contributed by atoms with Crippen molar-refractivity contribution < 1.29 is 19.1 Å². The van der Waals surface area contributed by atoms with Gasteiger partial charge in [0.1, 0.15) is 18.1 Å². The fourth-order valence-electron chi connectivity index (χ4n) is 2.19. The Morgan fingerprint density at radius 2 is 1.70 bits per heavy atom. The summed E-state index contributed by atoms with van der Waals surface area (Å²) < 4.78 is 11.8. The van der Waals surface area contributed by atoms with Gasteiger partial charge >= 0.3 is 0 Å². The second kappa shape index (κ2) is 10.4. The van der Waals surface area contributed by atoms with Crippen LogP contribution < -0.4 is 20.3 Å². The number of nitrogens with one attached hydrogen (secondary N) is 2. The molecule has 0 aliphatic heterocycles. The van der Waals surface area contributed by atoms with Crippen LogP contribution in [0.3, 0.4) is 0 Å². The molecular weight excluding hydrogens is 412 g/mol. The third kappa shape index (κ3) is 5.86. The zero-order valence-electron chi connectivity index (χ0n) is 15.0. The van der Waals surface area contributed by atoms with Gasteiger partial charge in [-0.2, -0.15) is 0 Å². The zero-order valence-corrected chi connectivity index (χ0v) is 16.5. The Hall–Kier alpha value is -2.80. The number of carbonyl (C=O) groups is 2. The van der Waals surface area contributed by atoms with E-state index in [2.05, 4.69) is 33.4 Å². The normalized spacial score (nSPS) is 10.0. The van der Waals surface area contributed by atoms with E-state index >= 15 is 0 Å².